The van der Waals surface area contributed by atoms with Crippen molar-refractivity contribution in [1.82, 2.24) is 0 Å². The van der Waals surface area contributed by atoms with Gasteiger partial charge in [-0.2, -0.15) is 0 Å². The van der Waals surface area contributed by atoms with E-state index in [1.807, 2.05) is 31.2 Å². The molecule has 4 aromatic rings. The Morgan fingerprint density at radius 1 is 0.909 bits per heavy atom. The molecule has 0 radical (unpaired) electrons. The van der Waals surface area contributed by atoms with E-state index in [9.17, 15) is 0 Å². The van der Waals surface area contributed by atoms with Crippen LogP contribution in [0.3, 0.4) is 0 Å². The summed E-state index contributed by atoms with van der Waals surface area (Å²) >= 11 is 4.64. The second-order valence-corrected chi connectivity index (χ2v) is 8.47. The van der Waals surface area contributed by atoms with Crippen molar-refractivity contribution in [2.45, 2.75) is 19.8 Å². The Bertz CT molecular complexity index is 1300. The molecule has 4 rings (SSSR count). The zero-order valence-corrected chi connectivity index (χ0v) is 19.9. The summed E-state index contributed by atoms with van der Waals surface area (Å²) in [6.45, 7) is 6.08. The summed E-state index contributed by atoms with van der Waals surface area (Å²) in [5, 5.41) is 6.02. The quantitative estimate of drug-likeness (QED) is 0.257. The van der Waals surface area contributed by atoms with E-state index in [2.05, 4.69) is 109 Å². The highest BCUT2D eigenvalue weighted by molar-refractivity contribution is 7.90. The number of aryl methyl sites for hydroxylation is 1. The highest BCUT2D eigenvalue weighted by Gasteiger charge is 2.09. The minimum Gasteiger partial charge on any atom is -0.355 e. The predicted octanol–water partition coefficient (Wildman–Crippen LogP) is 9.16. The SMILES string of the molecule is C=Cc1c(/C=C\C)cc(Nc2ccc(CC/C=C(\S)c3ccccc3)cc2)c2ccccc12. The van der Waals surface area contributed by atoms with Crippen LogP contribution in [-0.4, -0.2) is 0 Å². The van der Waals surface area contributed by atoms with Gasteiger partial charge in [0.25, 0.3) is 0 Å². The third kappa shape index (κ3) is 5.47. The smallest absolute Gasteiger partial charge is 0.0470 e. The maximum absolute atomic E-state index is 4.64. The molecule has 0 aliphatic carbocycles. The Morgan fingerprint density at radius 2 is 1.61 bits per heavy atom. The van der Waals surface area contributed by atoms with Crippen LogP contribution in [-0.2, 0) is 6.42 Å². The van der Waals surface area contributed by atoms with E-state index < -0.39 is 0 Å². The van der Waals surface area contributed by atoms with Crippen LogP contribution in [0.2, 0.25) is 0 Å². The molecule has 0 aliphatic heterocycles. The van der Waals surface area contributed by atoms with Gasteiger partial charge in [0.1, 0.15) is 0 Å². The number of allylic oxidation sites excluding steroid dienone is 2. The van der Waals surface area contributed by atoms with Gasteiger partial charge in [0.15, 0.2) is 0 Å². The summed E-state index contributed by atoms with van der Waals surface area (Å²) in [6, 6.07) is 29.7. The predicted molar refractivity (Wildman–Crippen MR) is 150 cm³/mol. The van der Waals surface area contributed by atoms with Crippen molar-refractivity contribution >= 4 is 51.8 Å². The van der Waals surface area contributed by atoms with Crippen molar-refractivity contribution in [3.8, 4) is 0 Å². The topological polar surface area (TPSA) is 12.0 Å². The van der Waals surface area contributed by atoms with Crippen LogP contribution < -0.4 is 5.32 Å². The number of hydrogen-bond acceptors (Lipinski definition) is 2. The minimum absolute atomic E-state index is 0.959. The molecule has 33 heavy (non-hydrogen) atoms. The van der Waals surface area contributed by atoms with Gasteiger partial charge in [0.05, 0.1) is 0 Å². The van der Waals surface area contributed by atoms with Crippen LogP contribution in [0.4, 0.5) is 11.4 Å². The fourth-order valence-corrected chi connectivity index (χ4v) is 4.36. The average molecular weight is 448 g/mol. The first kappa shape index (κ1) is 22.7. The largest absolute Gasteiger partial charge is 0.355 e. The Kier molecular flexibility index (Phi) is 7.49. The molecule has 0 atom stereocenters. The first-order valence-electron chi connectivity index (χ1n) is 11.3. The lowest BCUT2D eigenvalue weighted by Crippen LogP contribution is -1.95. The zero-order valence-electron chi connectivity index (χ0n) is 19.0. The van der Waals surface area contributed by atoms with E-state index in [0.717, 1.165) is 45.8 Å². The van der Waals surface area contributed by atoms with Crippen molar-refractivity contribution in [1.29, 1.82) is 0 Å². The van der Waals surface area contributed by atoms with Gasteiger partial charge in [-0.1, -0.05) is 97.6 Å². The standard InChI is InChI=1S/C31H29NS/c1-3-11-25-22-30(29-16-9-8-15-28(29)27(25)4-2)32-26-20-18-23(19-21-26)12-10-17-31(33)24-13-6-5-7-14-24/h3-9,11,13-22,32-33H,2,10,12H2,1H3/b11-3-,31-17-. The number of nitrogens with one attached hydrogen (secondary N) is 1. The lowest BCUT2D eigenvalue weighted by Gasteiger charge is -2.15. The Balaban J connectivity index is 1.51. The third-order valence-electron chi connectivity index (χ3n) is 5.74. The lowest BCUT2D eigenvalue weighted by atomic mass is 9.96. The second kappa shape index (κ2) is 10.9. The summed E-state index contributed by atoms with van der Waals surface area (Å²) in [6.07, 6.45) is 10.3. The maximum Gasteiger partial charge on any atom is 0.0470 e. The molecule has 0 saturated carbocycles. The molecular weight excluding hydrogens is 418 g/mol. The molecule has 4 aromatic carbocycles. The van der Waals surface area contributed by atoms with Crippen molar-refractivity contribution in [2.24, 2.45) is 0 Å². The van der Waals surface area contributed by atoms with Crippen molar-refractivity contribution in [3.63, 3.8) is 0 Å². The maximum atomic E-state index is 4.64. The molecule has 0 unspecified atom stereocenters. The van der Waals surface area contributed by atoms with Gasteiger partial charge in [0, 0.05) is 21.7 Å². The van der Waals surface area contributed by atoms with Crippen molar-refractivity contribution in [3.05, 3.63) is 126 Å². The summed E-state index contributed by atoms with van der Waals surface area (Å²) in [7, 11) is 0. The van der Waals surface area contributed by atoms with E-state index in [4.69, 9.17) is 0 Å². The summed E-state index contributed by atoms with van der Waals surface area (Å²) < 4.78 is 0. The van der Waals surface area contributed by atoms with Crippen LogP contribution in [0.25, 0.3) is 27.8 Å². The summed E-state index contributed by atoms with van der Waals surface area (Å²) in [4.78, 5) is 1.03. The van der Waals surface area contributed by atoms with E-state index in [-0.39, 0.29) is 0 Å². The first-order valence-corrected chi connectivity index (χ1v) is 11.8. The number of rotatable bonds is 8. The van der Waals surface area contributed by atoms with Crippen LogP contribution in [0.5, 0.6) is 0 Å². The normalized spacial score (nSPS) is 11.8. The molecule has 0 aliphatic rings. The van der Waals surface area contributed by atoms with Crippen molar-refractivity contribution < 1.29 is 0 Å². The van der Waals surface area contributed by atoms with E-state index in [1.165, 1.54) is 16.3 Å². The van der Waals surface area contributed by atoms with Gasteiger partial charge in [-0.25, -0.2) is 0 Å². The molecule has 0 bridgehead atoms. The molecule has 0 spiro atoms. The average Bonchev–Trinajstić information content (AvgIpc) is 2.86. The van der Waals surface area contributed by atoms with Gasteiger partial charge in [0.2, 0.25) is 0 Å². The van der Waals surface area contributed by atoms with Crippen LogP contribution >= 0.6 is 12.6 Å². The number of benzene rings is 4. The Labute approximate surface area is 202 Å². The van der Waals surface area contributed by atoms with Gasteiger partial charge in [-0.15, -0.1) is 12.6 Å². The molecule has 1 nitrogen and oxygen atoms in total. The molecule has 0 fully saturated rings. The number of hydrogen-bond donors (Lipinski definition) is 2. The fraction of sp³-hybridized carbons (Fsp3) is 0.0968. The molecular formula is C31H29NS. The molecule has 2 heteroatoms. The zero-order chi connectivity index (χ0) is 23.0. The molecule has 1 N–H and O–H groups in total. The van der Waals surface area contributed by atoms with E-state index in [1.54, 1.807) is 0 Å². The fourth-order valence-electron chi connectivity index (χ4n) is 4.08. The Morgan fingerprint density at radius 3 is 2.30 bits per heavy atom. The number of thiol groups is 1. The number of anilines is 2. The third-order valence-corrected chi connectivity index (χ3v) is 6.18. The highest BCUT2D eigenvalue weighted by Crippen LogP contribution is 2.33. The van der Waals surface area contributed by atoms with Gasteiger partial charge < -0.3 is 5.32 Å². The molecule has 0 heterocycles. The van der Waals surface area contributed by atoms with E-state index >= 15 is 0 Å². The summed E-state index contributed by atoms with van der Waals surface area (Å²) in [5.74, 6) is 0. The number of fused-ring (bicyclic) bond motifs is 1. The Hall–Kier alpha value is -3.49. The molecule has 0 aromatic heterocycles. The first-order chi connectivity index (χ1) is 16.2. The van der Waals surface area contributed by atoms with Gasteiger partial charge >= 0.3 is 0 Å². The highest BCUT2D eigenvalue weighted by atomic mass is 32.1. The van der Waals surface area contributed by atoms with Crippen LogP contribution in [0.1, 0.15) is 35.6 Å². The van der Waals surface area contributed by atoms with Crippen LogP contribution in [0, 0.1) is 0 Å². The van der Waals surface area contributed by atoms with Gasteiger partial charge in [-0.05, 0) is 65.6 Å². The van der Waals surface area contributed by atoms with Crippen LogP contribution in [0.15, 0.2) is 104 Å². The molecule has 164 valence electrons. The minimum atomic E-state index is 0.959. The van der Waals surface area contributed by atoms with E-state index in [0.29, 0.717) is 0 Å². The van der Waals surface area contributed by atoms with Gasteiger partial charge in [-0.3, -0.25) is 0 Å². The lowest BCUT2D eigenvalue weighted by molar-refractivity contribution is 1.01. The van der Waals surface area contributed by atoms with Crippen molar-refractivity contribution in [2.75, 3.05) is 5.32 Å². The summed E-state index contributed by atoms with van der Waals surface area (Å²) in [5.41, 5.74) is 6.98. The second-order valence-electron chi connectivity index (χ2n) is 7.99. The molecule has 0 saturated heterocycles. The monoisotopic (exact) mass is 447 g/mol. The molecule has 0 amide bonds.